The highest BCUT2D eigenvalue weighted by molar-refractivity contribution is 6.55. The molecule has 3 rings (SSSR count). The van der Waals surface area contributed by atoms with E-state index in [-0.39, 0.29) is 55.1 Å². The normalized spacial score (nSPS) is 22.5. The molecule has 1 N–H and O–H groups in total. The molecule has 27 heavy (non-hydrogen) atoms. The van der Waals surface area contributed by atoms with Gasteiger partial charge in [-0.05, 0) is 24.8 Å². The maximum absolute atomic E-state index is 12.5. The van der Waals surface area contributed by atoms with Gasteiger partial charge in [0.2, 0.25) is 0 Å². The van der Waals surface area contributed by atoms with Crippen molar-refractivity contribution in [3.63, 3.8) is 0 Å². The average molecular weight is 474 g/mol. The molecule has 0 unspecified atom stereocenters. The van der Waals surface area contributed by atoms with Crippen molar-refractivity contribution in [2.75, 3.05) is 0 Å². The molecule has 1 atom stereocenters. The minimum atomic E-state index is -0.383. The molecular weight excluding hydrogens is 455 g/mol. The van der Waals surface area contributed by atoms with Crippen LogP contribution < -0.4 is 5.48 Å². The van der Waals surface area contributed by atoms with Crippen molar-refractivity contribution < 1.29 is 14.4 Å². The zero-order valence-electron chi connectivity index (χ0n) is 14.7. The van der Waals surface area contributed by atoms with E-state index in [4.69, 9.17) is 67.6 Å². The van der Waals surface area contributed by atoms with E-state index in [9.17, 15) is 4.79 Å². The van der Waals surface area contributed by atoms with Crippen molar-refractivity contribution in [1.82, 2.24) is 5.48 Å². The van der Waals surface area contributed by atoms with E-state index in [1.54, 1.807) is 6.20 Å². The number of carbonyl (C=O) groups is 1. The lowest BCUT2D eigenvalue weighted by molar-refractivity contribution is -0.147. The molecule has 0 bridgehead atoms. The van der Waals surface area contributed by atoms with Crippen molar-refractivity contribution in [2.45, 2.75) is 45.8 Å². The molecule has 0 aliphatic heterocycles. The number of carbonyl (C=O) groups excluding carboxylic acids is 1. The van der Waals surface area contributed by atoms with E-state index in [1.165, 1.54) is 6.42 Å². The Balaban J connectivity index is 1.63. The van der Waals surface area contributed by atoms with Crippen molar-refractivity contribution in [2.24, 2.45) is 11.3 Å². The standard InChI is InChI=1S/C18H18Cl5NO3/c1-18(2)10(6-24-27-8-4-3-5-8)11(18)17(25)26-7-9-12(19)14(21)16(23)15(22)13(9)20/h6,8,11,24H,3-5,7H2,1-2H3/t11-/m0/s1. The van der Waals surface area contributed by atoms with Crippen molar-refractivity contribution >= 4 is 64.0 Å². The minimum Gasteiger partial charge on any atom is -0.460 e. The molecule has 0 saturated heterocycles. The van der Waals surface area contributed by atoms with Crippen molar-refractivity contribution in [3.8, 4) is 0 Å². The van der Waals surface area contributed by atoms with Gasteiger partial charge in [0.25, 0.3) is 0 Å². The second kappa shape index (κ2) is 8.17. The summed E-state index contributed by atoms with van der Waals surface area (Å²) in [5, 5.41) is 0.442. The number of nitrogens with one attached hydrogen (secondary N) is 1. The average Bonchev–Trinajstić information content (AvgIpc) is 3.14. The van der Waals surface area contributed by atoms with Gasteiger partial charge in [0.15, 0.2) is 0 Å². The summed E-state index contributed by atoms with van der Waals surface area (Å²) in [6, 6.07) is 0. The van der Waals surface area contributed by atoms with Crippen LogP contribution in [0.15, 0.2) is 11.8 Å². The second-order valence-corrected chi connectivity index (χ2v) is 9.09. The van der Waals surface area contributed by atoms with Gasteiger partial charge < -0.3 is 4.74 Å². The predicted octanol–water partition coefficient (Wildman–Crippen LogP) is 6.61. The molecular formula is C18H18Cl5NO3. The summed E-state index contributed by atoms with van der Waals surface area (Å²) in [6.07, 6.45) is 5.28. The van der Waals surface area contributed by atoms with Crippen LogP contribution >= 0.6 is 58.0 Å². The monoisotopic (exact) mass is 471 g/mol. The third-order valence-electron chi connectivity index (χ3n) is 5.09. The number of esters is 1. The van der Waals surface area contributed by atoms with Gasteiger partial charge in [-0.3, -0.25) is 15.1 Å². The first-order valence-corrected chi connectivity index (χ1v) is 10.3. The molecule has 1 aromatic carbocycles. The number of benzene rings is 1. The van der Waals surface area contributed by atoms with Gasteiger partial charge in [-0.2, -0.15) is 0 Å². The summed E-state index contributed by atoms with van der Waals surface area (Å²) < 4.78 is 5.41. The van der Waals surface area contributed by atoms with E-state index in [0.29, 0.717) is 5.56 Å². The van der Waals surface area contributed by atoms with Crippen LogP contribution in [0.2, 0.25) is 25.1 Å². The molecule has 0 heterocycles. The van der Waals surface area contributed by atoms with Gasteiger partial charge in [-0.25, -0.2) is 0 Å². The number of rotatable bonds is 6. The maximum atomic E-state index is 12.5. The first-order chi connectivity index (χ1) is 12.7. The van der Waals surface area contributed by atoms with Gasteiger partial charge in [0.1, 0.15) is 6.61 Å². The molecule has 2 aliphatic carbocycles. The van der Waals surface area contributed by atoms with Gasteiger partial charge in [-0.1, -0.05) is 71.9 Å². The van der Waals surface area contributed by atoms with Crippen LogP contribution in [-0.4, -0.2) is 12.1 Å². The molecule has 1 aromatic rings. The zero-order chi connectivity index (χ0) is 19.9. The van der Waals surface area contributed by atoms with Crippen LogP contribution in [0.3, 0.4) is 0 Å². The summed E-state index contributed by atoms with van der Waals surface area (Å²) >= 11 is 30.4. The number of ether oxygens (including phenoxy) is 1. The topological polar surface area (TPSA) is 47.6 Å². The van der Waals surface area contributed by atoms with E-state index in [1.807, 2.05) is 13.8 Å². The number of hydrogen-bond acceptors (Lipinski definition) is 4. The lowest BCUT2D eigenvalue weighted by Crippen LogP contribution is -2.26. The summed E-state index contributed by atoms with van der Waals surface area (Å²) in [5.41, 5.74) is 3.77. The van der Waals surface area contributed by atoms with Crippen LogP contribution in [0.4, 0.5) is 0 Å². The molecule has 4 nitrogen and oxygen atoms in total. The van der Waals surface area contributed by atoms with E-state index in [0.717, 1.165) is 18.4 Å². The summed E-state index contributed by atoms with van der Waals surface area (Å²) in [6.45, 7) is 3.77. The van der Waals surface area contributed by atoms with Gasteiger partial charge in [-0.15, -0.1) is 0 Å². The quantitative estimate of drug-likeness (QED) is 0.219. The molecule has 2 aliphatic rings. The van der Waals surface area contributed by atoms with Gasteiger partial charge in [0.05, 0.1) is 37.1 Å². The third kappa shape index (κ3) is 4.17. The van der Waals surface area contributed by atoms with Gasteiger partial charge in [0, 0.05) is 17.2 Å². The SMILES string of the molecule is CC1(C)C(=CNOC2CCC2)[C@H]1C(=O)OCc1c(Cl)c(Cl)c(Cl)c(Cl)c1Cl. The third-order valence-corrected chi connectivity index (χ3v) is 7.44. The fourth-order valence-corrected chi connectivity index (χ4v) is 4.24. The van der Waals surface area contributed by atoms with E-state index in [2.05, 4.69) is 5.48 Å². The molecule has 2 fully saturated rings. The largest absolute Gasteiger partial charge is 0.460 e. The fraction of sp³-hybridized carbons (Fsp3) is 0.500. The van der Waals surface area contributed by atoms with Crippen molar-refractivity contribution in [1.29, 1.82) is 0 Å². The van der Waals surface area contributed by atoms with E-state index < -0.39 is 0 Å². The van der Waals surface area contributed by atoms with E-state index >= 15 is 0 Å². The lowest BCUT2D eigenvalue weighted by atomic mass is 9.97. The molecule has 0 aromatic heterocycles. The van der Waals surface area contributed by atoms with Gasteiger partial charge >= 0.3 is 5.97 Å². The molecule has 148 valence electrons. The van der Waals surface area contributed by atoms with Crippen LogP contribution in [0, 0.1) is 11.3 Å². The number of halogens is 5. The molecule has 0 spiro atoms. The summed E-state index contributed by atoms with van der Waals surface area (Å²) in [4.78, 5) is 18.0. The van der Waals surface area contributed by atoms with Crippen LogP contribution in [0.25, 0.3) is 0 Å². The minimum absolute atomic E-state index is 0.0643. The Morgan fingerprint density at radius 2 is 1.63 bits per heavy atom. The predicted molar refractivity (Wildman–Crippen MR) is 109 cm³/mol. The number of hydrogen-bond donors (Lipinski definition) is 1. The molecule has 2 saturated carbocycles. The Morgan fingerprint density at radius 1 is 1.07 bits per heavy atom. The first-order valence-electron chi connectivity index (χ1n) is 8.45. The Morgan fingerprint density at radius 3 is 2.15 bits per heavy atom. The molecule has 0 radical (unpaired) electrons. The first kappa shape index (κ1) is 21.4. The Hall–Kier alpha value is -0.360. The van der Waals surface area contributed by atoms with Crippen LogP contribution in [0.5, 0.6) is 0 Å². The summed E-state index contributed by atoms with van der Waals surface area (Å²) in [7, 11) is 0. The molecule has 9 heteroatoms. The Bertz CT molecular complexity index is 776. The van der Waals surface area contributed by atoms with Crippen LogP contribution in [-0.2, 0) is 21.0 Å². The number of hydroxylamine groups is 1. The maximum Gasteiger partial charge on any atom is 0.314 e. The highest BCUT2D eigenvalue weighted by Gasteiger charge is 2.58. The molecule has 0 amide bonds. The smallest absolute Gasteiger partial charge is 0.314 e. The Labute approximate surface area is 183 Å². The van der Waals surface area contributed by atoms with Crippen LogP contribution in [0.1, 0.15) is 38.7 Å². The lowest BCUT2D eigenvalue weighted by Gasteiger charge is -2.24. The Kier molecular flexibility index (Phi) is 6.46. The fourth-order valence-electron chi connectivity index (χ4n) is 2.96. The highest BCUT2D eigenvalue weighted by atomic mass is 35.5. The van der Waals surface area contributed by atoms with Crippen molar-refractivity contribution in [3.05, 3.63) is 42.4 Å². The zero-order valence-corrected chi connectivity index (χ0v) is 18.5. The summed E-state index contributed by atoms with van der Waals surface area (Å²) in [5.74, 6) is -0.753. The second-order valence-electron chi connectivity index (χ2n) is 7.20. The highest BCUT2D eigenvalue weighted by Crippen LogP contribution is 2.58.